The van der Waals surface area contributed by atoms with Crippen molar-refractivity contribution in [3.8, 4) is 0 Å². The SMILES string of the molecule is CCNC(=O)C1CCN(C(=O)Nc2ccc(NC(=O)NC3CCCC3)cc2)CC1. The fourth-order valence-corrected chi connectivity index (χ4v) is 3.93. The quantitative estimate of drug-likeness (QED) is 0.609. The Morgan fingerprint density at radius 2 is 1.52 bits per heavy atom. The van der Waals surface area contributed by atoms with Gasteiger partial charge in [0.1, 0.15) is 0 Å². The van der Waals surface area contributed by atoms with Crippen molar-refractivity contribution in [2.24, 2.45) is 5.92 Å². The Labute approximate surface area is 171 Å². The van der Waals surface area contributed by atoms with E-state index in [0.717, 1.165) is 12.8 Å². The topological polar surface area (TPSA) is 103 Å². The molecule has 1 aliphatic heterocycles. The Balaban J connectivity index is 1.43. The number of nitrogens with zero attached hydrogens (tertiary/aromatic N) is 1. The summed E-state index contributed by atoms with van der Waals surface area (Å²) in [4.78, 5) is 38.1. The number of carbonyl (C=O) groups excluding carboxylic acids is 3. The van der Waals surface area contributed by atoms with E-state index in [4.69, 9.17) is 0 Å². The average Bonchev–Trinajstić information content (AvgIpc) is 3.22. The second kappa shape index (κ2) is 10.1. The van der Waals surface area contributed by atoms with Gasteiger partial charge in [-0.3, -0.25) is 4.79 Å². The average molecular weight is 402 g/mol. The third-order valence-corrected chi connectivity index (χ3v) is 5.59. The van der Waals surface area contributed by atoms with Gasteiger partial charge in [0, 0.05) is 43.0 Å². The van der Waals surface area contributed by atoms with Gasteiger partial charge < -0.3 is 26.2 Å². The monoisotopic (exact) mass is 401 g/mol. The molecule has 2 aliphatic rings. The molecule has 0 unspecified atom stereocenters. The predicted octanol–water partition coefficient (Wildman–Crippen LogP) is 3.13. The zero-order chi connectivity index (χ0) is 20.6. The number of piperidine rings is 1. The fraction of sp³-hybridized carbons (Fsp3) is 0.571. The predicted molar refractivity (Wildman–Crippen MR) is 113 cm³/mol. The Kier molecular flexibility index (Phi) is 7.32. The summed E-state index contributed by atoms with van der Waals surface area (Å²) < 4.78 is 0. The molecule has 1 saturated carbocycles. The van der Waals surface area contributed by atoms with E-state index in [1.54, 1.807) is 29.2 Å². The molecule has 5 amide bonds. The lowest BCUT2D eigenvalue weighted by atomic mass is 9.96. The lowest BCUT2D eigenvalue weighted by molar-refractivity contribution is -0.126. The summed E-state index contributed by atoms with van der Waals surface area (Å²) in [5.74, 6) is 0.0624. The van der Waals surface area contributed by atoms with E-state index in [9.17, 15) is 14.4 Å². The van der Waals surface area contributed by atoms with E-state index in [1.807, 2.05) is 6.92 Å². The van der Waals surface area contributed by atoms with E-state index in [1.165, 1.54) is 12.8 Å². The van der Waals surface area contributed by atoms with Gasteiger partial charge in [-0.05, 0) is 56.9 Å². The molecular weight excluding hydrogens is 370 g/mol. The molecular formula is C21H31N5O3. The number of rotatable bonds is 5. The summed E-state index contributed by atoms with van der Waals surface area (Å²) >= 11 is 0. The highest BCUT2D eigenvalue weighted by atomic mass is 16.2. The Hall–Kier alpha value is -2.77. The van der Waals surface area contributed by atoms with Crippen LogP contribution in [0.2, 0.25) is 0 Å². The molecule has 0 atom stereocenters. The molecule has 1 aromatic rings. The van der Waals surface area contributed by atoms with Gasteiger partial charge in [-0.25, -0.2) is 9.59 Å². The first-order chi connectivity index (χ1) is 14.0. The van der Waals surface area contributed by atoms with E-state index in [0.29, 0.717) is 43.9 Å². The molecule has 0 spiro atoms. The van der Waals surface area contributed by atoms with Gasteiger partial charge in [0.15, 0.2) is 0 Å². The van der Waals surface area contributed by atoms with Crippen LogP contribution >= 0.6 is 0 Å². The molecule has 29 heavy (non-hydrogen) atoms. The van der Waals surface area contributed by atoms with Crippen LogP contribution in [-0.2, 0) is 4.79 Å². The van der Waals surface area contributed by atoms with Gasteiger partial charge in [-0.15, -0.1) is 0 Å². The number of anilines is 2. The standard InChI is InChI=1S/C21H31N5O3/c1-2-22-19(27)15-11-13-26(14-12-15)21(29)25-18-9-7-17(8-10-18)24-20(28)23-16-5-3-4-6-16/h7-10,15-16H,2-6,11-14H2,1H3,(H,22,27)(H,25,29)(H2,23,24,28). The molecule has 0 aromatic heterocycles. The first-order valence-corrected chi connectivity index (χ1v) is 10.6. The van der Waals surface area contributed by atoms with Gasteiger partial charge in [0.25, 0.3) is 0 Å². The molecule has 158 valence electrons. The highest BCUT2D eigenvalue weighted by Crippen LogP contribution is 2.20. The van der Waals surface area contributed by atoms with Crippen molar-refractivity contribution in [1.29, 1.82) is 0 Å². The molecule has 1 saturated heterocycles. The second-order valence-corrected chi connectivity index (χ2v) is 7.74. The van der Waals surface area contributed by atoms with Crippen LogP contribution < -0.4 is 21.3 Å². The van der Waals surface area contributed by atoms with E-state index in [-0.39, 0.29) is 29.9 Å². The first kappa shape index (κ1) is 21.0. The Morgan fingerprint density at radius 1 is 0.931 bits per heavy atom. The highest BCUT2D eigenvalue weighted by Gasteiger charge is 2.27. The van der Waals surface area contributed by atoms with E-state index < -0.39 is 0 Å². The molecule has 1 aliphatic carbocycles. The maximum Gasteiger partial charge on any atom is 0.321 e. The fourth-order valence-electron chi connectivity index (χ4n) is 3.93. The molecule has 8 heteroatoms. The van der Waals surface area contributed by atoms with Gasteiger partial charge in [0.05, 0.1) is 0 Å². The largest absolute Gasteiger partial charge is 0.356 e. The zero-order valence-electron chi connectivity index (χ0n) is 17.0. The molecule has 8 nitrogen and oxygen atoms in total. The summed E-state index contributed by atoms with van der Waals surface area (Å²) in [6.45, 7) is 3.67. The number of nitrogens with one attached hydrogen (secondary N) is 4. The summed E-state index contributed by atoms with van der Waals surface area (Å²) in [5, 5.41) is 11.5. The molecule has 0 radical (unpaired) electrons. The maximum atomic E-state index is 12.5. The highest BCUT2D eigenvalue weighted by molar-refractivity contribution is 5.92. The van der Waals surface area contributed by atoms with E-state index >= 15 is 0 Å². The smallest absolute Gasteiger partial charge is 0.321 e. The van der Waals surface area contributed by atoms with Crippen LogP contribution in [0.3, 0.4) is 0 Å². The number of carbonyl (C=O) groups is 3. The van der Waals surface area contributed by atoms with Crippen LogP contribution in [0.4, 0.5) is 21.0 Å². The minimum atomic E-state index is -0.191. The Bertz CT molecular complexity index is 708. The first-order valence-electron chi connectivity index (χ1n) is 10.6. The molecule has 3 rings (SSSR count). The van der Waals surface area contributed by atoms with Gasteiger partial charge >= 0.3 is 12.1 Å². The van der Waals surface area contributed by atoms with Crippen LogP contribution in [0.1, 0.15) is 45.4 Å². The van der Waals surface area contributed by atoms with Crippen LogP contribution in [0, 0.1) is 5.92 Å². The number of likely N-dealkylation sites (tertiary alicyclic amines) is 1. The van der Waals surface area contributed by atoms with Crippen LogP contribution in [0.5, 0.6) is 0 Å². The lowest BCUT2D eigenvalue weighted by Gasteiger charge is -2.31. The van der Waals surface area contributed by atoms with Crippen LogP contribution in [0.15, 0.2) is 24.3 Å². The summed E-state index contributed by atoms with van der Waals surface area (Å²) in [5.41, 5.74) is 1.35. The third-order valence-electron chi connectivity index (χ3n) is 5.59. The normalized spacial score (nSPS) is 17.6. The molecule has 1 aromatic carbocycles. The van der Waals surface area contributed by atoms with Crippen LogP contribution in [0.25, 0.3) is 0 Å². The second-order valence-electron chi connectivity index (χ2n) is 7.74. The number of amides is 5. The maximum absolute atomic E-state index is 12.5. The third kappa shape index (κ3) is 6.10. The van der Waals surface area contributed by atoms with Crippen molar-refractivity contribution in [1.82, 2.24) is 15.5 Å². The van der Waals surface area contributed by atoms with Crippen molar-refractivity contribution in [3.63, 3.8) is 0 Å². The summed E-state index contributed by atoms with van der Waals surface area (Å²) in [6.07, 6.45) is 5.78. The minimum absolute atomic E-state index is 0.0141. The zero-order valence-corrected chi connectivity index (χ0v) is 17.0. The van der Waals surface area contributed by atoms with Crippen LogP contribution in [-0.4, -0.2) is 48.5 Å². The minimum Gasteiger partial charge on any atom is -0.356 e. The van der Waals surface area contributed by atoms with Gasteiger partial charge in [-0.1, -0.05) is 12.8 Å². The molecule has 0 bridgehead atoms. The summed E-state index contributed by atoms with van der Waals surface area (Å²) in [6, 6.07) is 6.99. The molecule has 4 N–H and O–H groups in total. The number of benzene rings is 1. The lowest BCUT2D eigenvalue weighted by Crippen LogP contribution is -2.44. The van der Waals surface area contributed by atoms with Crippen molar-refractivity contribution in [2.45, 2.75) is 51.5 Å². The number of urea groups is 2. The van der Waals surface area contributed by atoms with Crippen molar-refractivity contribution < 1.29 is 14.4 Å². The van der Waals surface area contributed by atoms with Crippen molar-refractivity contribution in [2.75, 3.05) is 30.3 Å². The Morgan fingerprint density at radius 3 is 2.10 bits per heavy atom. The summed E-state index contributed by atoms with van der Waals surface area (Å²) in [7, 11) is 0. The van der Waals surface area contributed by atoms with Gasteiger partial charge in [-0.2, -0.15) is 0 Å². The van der Waals surface area contributed by atoms with E-state index in [2.05, 4.69) is 21.3 Å². The number of hydrogen-bond donors (Lipinski definition) is 4. The number of hydrogen-bond acceptors (Lipinski definition) is 3. The van der Waals surface area contributed by atoms with Gasteiger partial charge in [0.2, 0.25) is 5.91 Å². The van der Waals surface area contributed by atoms with Crippen molar-refractivity contribution >= 4 is 29.3 Å². The molecule has 1 heterocycles. The van der Waals surface area contributed by atoms with Crippen molar-refractivity contribution in [3.05, 3.63) is 24.3 Å². The molecule has 2 fully saturated rings.